The van der Waals surface area contributed by atoms with Crippen LogP contribution in [-0.4, -0.2) is 5.78 Å². The van der Waals surface area contributed by atoms with Gasteiger partial charge in [0, 0.05) is 10.8 Å². The summed E-state index contributed by atoms with van der Waals surface area (Å²) in [6.07, 6.45) is 9.01. The summed E-state index contributed by atoms with van der Waals surface area (Å²) in [6.45, 7) is 3.93. The zero-order valence-corrected chi connectivity index (χ0v) is 12.7. The molecule has 0 atom stereocenters. The Bertz CT molecular complexity index is 509. The molecule has 0 aliphatic heterocycles. The lowest BCUT2D eigenvalue weighted by Crippen LogP contribution is -2.25. The molecule has 104 valence electrons. The highest BCUT2D eigenvalue weighted by atomic mass is 32.1. The summed E-state index contributed by atoms with van der Waals surface area (Å²) in [6, 6.07) is 0. The summed E-state index contributed by atoms with van der Waals surface area (Å²) < 4.78 is 0. The summed E-state index contributed by atoms with van der Waals surface area (Å²) in [4.78, 5) is 13.7. The minimum absolute atomic E-state index is 0.0448. The molecule has 2 nitrogen and oxygen atoms in total. The van der Waals surface area contributed by atoms with E-state index in [0.717, 1.165) is 17.0 Å². The fraction of sp³-hybridized carbons (Fsp3) is 0.688. The van der Waals surface area contributed by atoms with Crippen molar-refractivity contribution < 1.29 is 4.79 Å². The van der Waals surface area contributed by atoms with Gasteiger partial charge >= 0.3 is 0 Å². The number of rotatable bonds is 2. The van der Waals surface area contributed by atoms with E-state index in [2.05, 4.69) is 0 Å². The average Bonchev–Trinajstić information content (AvgIpc) is 2.92. The summed E-state index contributed by atoms with van der Waals surface area (Å²) in [5.41, 5.74) is 8.84. The summed E-state index contributed by atoms with van der Waals surface area (Å²) >= 11 is 1.68. The Kier molecular flexibility index (Phi) is 3.20. The van der Waals surface area contributed by atoms with Gasteiger partial charge in [-0.15, -0.1) is 11.3 Å². The Morgan fingerprint density at radius 2 is 1.95 bits per heavy atom. The second-order valence-electron chi connectivity index (χ2n) is 6.65. The summed E-state index contributed by atoms with van der Waals surface area (Å²) in [5.74, 6) is 0.278. The first-order valence-electron chi connectivity index (χ1n) is 7.47. The minimum atomic E-state index is 0.0448. The van der Waals surface area contributed by atoms with Crippen LogP contribution in [0.1, 0.15) is 66.8 Å². The normalized spacial score (nSPS) is 21.0. The Balaban J connectivity index is 1.96. The predicted molar refractivity (Wildman–Crippen MR) is 80.8 cm³/mol. The van der Waals surface area contributed by atoms with Crippen molar-refractivity contribution in [3.05, 3.63) is 16.0 Å². The molecule has 1 aromatic heterocycles. The minimum Gasteiger partial charge on any atom is -0.390 e. The van der Waals surface area contributed by atoms with Gasteiger partial charge in [-0.2, -0.15) is 0 Å². The van der Waals surface area contributed by atoms with Crippen molar-refractivity contribution in [2.75, 3.05) is 5.73 Å². The van der Waals surface area contributed by atoms with E-state index in [1.807, 2.05) is 13.8 Å². The highest BCUT2D eigenvalue weighted by Crippen LogP contribution is 2.51. The number of carbonyl (C=O) groups excluding carboxylic acids is 1. The predicted octanol–water partition coefficient (Wildman–Crippen LogP) is 4.22. The monoisotopic (exact) mass is 277 g/mol. The molecule has 0 saturated heterocycles. The first-order chi connectivity index (χ1) is 9.02. The second kappa shape index (κ2) is 4.62. The van der Waals surface area contributed by atoms with Crippen LogP contribution in [0.25, 0.3) is 0 Å². The molecule has 3 heteroatoms. The Morgan fingerprint density at radius 3 is 2.58 bits per heavy atom. The third kappa shape index (κ3) is 2.12. The van der Waals surface area contributed by atoms with Crippen LogP contribution in [0, 0.1) is 11.3 Å². The van der Waals surface area contributed by atoms with Crippen LogP contribution in [0.2, 0.25) is 0 Å². The molecule has 0 amide bonds. The molecule has 2 aliphatic rings. The molecule has 1 aromatic rings. The zero-order valence-electron chi connectivity index (χ0n) is 11.9. The molecule has 0 aromatic carbocycles. The van der Waals surface area contributed by atoms with Crippen LogP contribution in [0.5, 0.6) is 0 Å². The Labute approximate surface area is 119 Å². The quantitative estimate of drug-likeness (QED) is 0.823. The number of anilines is 1. The maximum Gasteiger partial charge on any atom is 0.168 e. The molecule has 1 spiro atoms. The maximum absolute atomic E-state index is 12.3. The SMILES string of the molecule is CC(C)C(=O)c1c(N)sc2c1CCC1(CCCC1)C2. The van der Waals surface area contributed by atoms with Gasteiger partial charge in [0.25, 0.3) is 0 Å². The lowest BCUT2D eigenvalue weighted by Gasteiger charge is -2.33. The van der Waals surface area contributed by atoms with Gasteiger partial charge in [-0.3, -0.25) is 4.79 Å². The van der Waals surface area contributed by atoms with Gasteiger partial charge in [-0.05, 0) is 43.1 Å². The van der Waals surface area contributed by atoms with E-state index < -0.39 is 0 Å². The first-order valence-corrected chi connectivity index (χ1v) is 8.28. The van der Waals surface area contributed by atoms with Crippen molar-refractivity contribution in [1.29, 1.82) is 0 Å². The summed E-state index contributed by atoms with van der Waals surface area (Å²) in [7, 11) is 0. The molecule has 1 fully saturated rings. The maximum atomic E-state index is 12.3. The van der Waals surface area contributed by atoms with E-state index in [-0.39, 0.29) is 11.7 Å². The Hall–Kier alpha value is -0.830. The average molecular weight is 277 g/mol. The van der Waals surface area contributed by atoms with Gasteiger partial charge in [0.1, 0.15) is 0 Å². The van der Waals surface area contributed by atoms with Gasteiger partial charge in [0.15, 0.2) is 5.78 Å². The van der Waals surface area contributed by atoms with Crippen LogP contribution < -0.4 is 5.73 Å². The van der Waals surface area contributed by atoms with E-state index in [0.29, 0.717) is 5.41 Å². The molecule has 0 radical (unpaired) electrons. The highest BCUT2D eigenvalue weighted by Gasteiger charge is 2.39. The molecule has 19 heavy (non-hydrogen) atoms. The molecule has 1 heterocycles. The highest BCUT2D eigenvalue weighted by molar-refractivity contribution is 7.16. The van der Waals surface area contributed by atoms with Crippen LogP contribution in [-0.2, 0) is 12.8 Å². The number of Topliss-reactive ketones (excluding diaryl/α,β-unsaturated/α-hetero) is 1. The lowest BCUT2D eigenvalue weighted by atomic mass is 9.72. The van der Waals surface area contributed by atoms with Gasteiger partial charge in [0.2, 0.25) is 0 Å². The van der Waals surface area contributed by atoms with Crippen molar-refractivity contribution in [2.24, 2.45) is 11.3 Å². The number of nitrogens with two attached hydrogens (primary N) is 1. The largest absolute Gasteiger partial charge is 0.390 e. The molecule has 2 N–H and O–H groups in total. The topological polar surface area (TPSA) is 43.1 Å². The van der Waals surface area contributed by atoms with Crippen molar-refractivity contribution in [2.45, 2.75) is 58.8 Å². The number of fused-ring (bicyclic) bond motifs is 1. The fourth-order valence-corrected chi connectivity index (χ4v) is 5.17. The Morgan fingerprint density at radius 1 is 1.26 bits per heavy atom. The number of hydrogen-bond donors (Lipinski definition) is 1. The van der Waals surface area contributed by atoms with Gasteiger partial charge in [-0.1, -0.05) is 26.7 Å². The van der Waals surface area contributed by atoms with Crippen LogP contribution in [0.3, 0.4) is 0 Å². The molecule has 3 rings (SSSR count). The first kappa shape index (κ1) is 13.2. The van der Waals surface area contributed by atoms with Gasteiger partial charge in [-0.25, -0.2) is 0 Å². The molecule has 2 aliphatic carbocycles. The number of nitrogen functional groups attached to an aromatic ring is 1. The number of ketones is 1. The molecule has 0 bridgehead atoms. The molecular weight excluding hydrogens is 254 g/mol. The van der Waals surface area contributed by atoms with Crippen molar-refractivity contribution in [1.82, 2.24) is 0 Å². The number of thiophene rings is 1. The molecule has 1 saturated carbocycles. The van der Waals surface area contributed by atoms with E-state index in [4.69, 9.17) is 5.73 Å². The van der Waals surface area contributed by atoms with Crippen molar-refractivity contribution in [3.8, 4) is 0 Å². The standard InChI is InChI=1S/C16H23NOS/c1-10(2)14(18)13-11-5-8-16(6-3-4-7-16)9-12(11)19-15(13)17/h10H,3-9,17H2,1-2H3. The molecule has 0 unspecified atom stereocenters. The lowest BCUT2D eigenvalue weighted by molar-refractivity contribution is 0.0939. The van der Waals surface area contributed by atoms with Crippen LogP contribution in [0.4, 0.5) is 5.00 Å². The van der Waals surface area contributed by atoms with Gasteiger partial charge < -0.3 is 5.73 Å². The fourth-order valence-electron chi connectivity index (χ4n) is 3.87. The third-order valence-electron chi connectivity index (χ3n) is 4.99. The van der Waals surface area contributed by atoms with E-state index in [9.17, 15) is 4.79 Å². The van der Waals surface area contributed by atoms with E-state index in [1.165, 1.54) is 49.0 Å². The third-order valence-corrected chi connectivity index (χ3v) is 6.05. The van der Waals surface area contributed by atoms with E-state index >= 15 is 0 Å². The number of carbonyl (C=O) groups is 1. The van der Waals surface area contributed by atoms with Crippen LogP contribution in [0.15, 0.2) is 0 Å². The smallest absolute Gasteiger partial charge is 0.168 e. The zero-order chi connectivity index (χ0) is 13.6. The van der Waals surface area contributed by atoms with E-state index in [1.54, 1.807) is 11.3 Å². The van der Waals surface area contributed by atoms with Crippen molar-refractivity contribution >= 4 is 22.1 Å². The second-order valence-corrected chi connectivity index (χ2v) is 7.78. The number of hydrogen-bond acceptors (Lipinski definition) is 3. The van der Waals surface area contributed by atoms with Gasteiger partial charge in [0.05, 0.1) is 10.6 Å². The van der Waals surface area contributed by atoms with Crippen LogP contribution >= 0.6 is 11.3 Å². The molecular formula is C16H23NOS. The van der Waals surface area contributed by atoms with Crippen molar-refractivity contribution in [3.63, 3.8) is 0 Å². The summed E-state index contributed by atoms with van der Waals surface area (Å²) in [5, 5.41) is 0.763.